The fourth-order valence-corrected chi connectivity index (χ4v) is 3.25. The van der Waals surface area contributed by atoms with E-state index < -0.39 is 0 Å². The van der Waals surface area contributed by atoms with E-state index in [1.807, 2.05) is 0 Å². The number of piperidine rings is 1. The first-order valence-electron chi connectivity index (χ1n) is 6.80. The molecule has 0 aromatic heterocycles. The van der Waals surface area contributed by atoms with Crippen LogP contribution >= 0.6 is 0 Å². The zero-order chi connectivity index (χ0) is 13.3. The molecule has 1 saturated heterocycles. The molecule has 0 aromatic carbocycles. The van der Waals surface area contributed by atoms with E-state index in [0.29, 0.717) is 23.9 Å². The van der Waals surface area contributed by atoms with Gasteiger partial charge in [0.05, 0.1) is 0 Å². The normalized spacial score (nSPS) is 29.6. The summed E-state index contributed by atoms with van der Waals surface area (Å²) in [4.78, 5) is 10.9. The third-order valence-electron chi connectivity index (χ3n) is 4.06. The Bertz CT molecular complexity index is 407. The van der Waals surface area contributed by atoms with Crippen LogP contribution in [0.4, 0.5) is 0 Å². The van der Waals surface area contributed by atoms with Gasteiger partial charge in [-0.1, -0.05) is 19.9 Å². The number of carbonyl (C=O) groups is 1. The van der Waals surface area contributed by atoms with Crippen molar-refractivity contribution in [2.45, 2.75) is 46.6 Å². The average molecular weight is 248 g/mol. The van der Waals surface area contributed by atoms with Gasteiger partial charge >= 0.3 is 0 Å². The number of rotatable bonds is 2. The van der Waals surface area contributed by atoms with Crippen LogP contribution in [0.5, 0.6) is 0 Å². The molecule has 0 aromatic rings. The lowest BCUT2D eigenvalue weighted by Gasteiger charge is -2.45. The quantitative estimate of drug-likeness (QED) is 0.787. The molecular weight excluding hydrogens is 224 g/mol. The Morgan fingerprint density at radius 1 is 1.56 bits per heavy atom. The van der Waals surface area contributed by atoms with E-state index in [1.54, 1.807) is 6.92 Å². The molecule has 0 spiro atoms. The zero-order valence-corrected chi connectivity index (χ0v) is 11.8. The minimum absolute atomic E-state index is 0.0294. The lowest BCUT2D eigenvalue weighted by molar-refractivity contribution is -0.118. The summed E-state index contributed by atoms with van der Waals surface area (Å²) < 4.78 is 0. The second-order valence-electron chi connectivity index (χ2n) is 6.31. The zero-order valence-electron chi connectivity index (χ0n) is 11.8. The predicted octanol–water partition coefficient (Wildman–Crippen LogP) is 2.36. The Morgan fingerprint density at radius 3 is 2.94 bits per heavy atom. The minimum Gasteiger partial charge on any atom is -0.386 e. The number of hydrogen-bond donors (Lipinski definition) is 2. The monoisotopic (exact) mass is 248 g/mol. The van der Waals surface area contributed by atoms with Crippen molar-refractivity contribution >= 4 is 5.91 Å². The molecule has 1 fully saturated rings. The molecule has 100 valence electrons. The average Bonchev–Trinajstić information content (AvgIpc) is 2.24. The van der Waals surface area contributed by atoms with Crippen LogP contribution in [-0.4, -0.2) is 18.5 Å². The maximum Gasteiger partial charge on any atom is 0.217 e. The number of nitrogens with one attached hydrogen (secondary N) is 2. The highest BCUT2D eigenvalue weighted by atomic mass is 16.1. The summed E-state index contributed by atoms with van der Waals surface area (Å²) >= 11 is 0. The van der Waals surface area contributed by atoms with Gasteiger partial charge in [0.2, 0.25) is 5.91 Å². The first kappa shape index (κ1) is 13.2. The first-order valence-corrected chi connectivity index (χ1v) is 6.80. The molecule has 0 radical (unpaired) electrons. The molecule has 0 bridgehead atoms. The Kier molecular flexibility index (Phi) is 3.51. The van der Waals surface area contributed by atoms with Gasteiger partial charge in [-0.3, -0.25) is 4.79 Å². The molecule has 2 unspecified atom stereocenters. The van der Waals surface area contributed by atoms with Gasteiger partial charge < -0.3 is 10.6 Å². The molecule has 2 N–H and O–H groups in total. The molecule has 1 aliphatic carbocycles. The Morgan fingerprint density at radius 2 is 2.28 bits per heavy atom. The molecule has 3 heteroatoms. The summed E-state index contributed by atoms with van der Waals surface area (Å²) in [5.41, 5.74) is 2.92. The number of carbonyl (C=O) groups excluding carboxylic acids is 1. The largest absolute Gasteiger partial charge is 0.386 e. The lowest BCUT2D eigenvalue weighted by atomic mass is 9.67. The van der Waals surface area contributed by atoms with Crippen molar-refractivity contribution in [3.63, 3.8) is 0 Å². The molecular formula is C15H24N2O. The van der Waals surface area contributed by atoms with Crippen LogP contribution in [0.25, 0.3) is 0 Å². The van der Waals surface area contributed by atoms with Crippen LogP contribution in [0, 0.1) is 11.3 Å². The molecule has 1 aliphatic heterocycles. The molecule has 18 heavy (non-hydrogen) atoms. The Labute approximate surface area is 110 Å². The van der Waals surface area contributed by atoms with Gasteiger partial charge in [0, 0.05) is 31.1 Å². The Hall–Kier alpha value is -1.25. The van der Waals surface area contributed by atoms with Crippen molar-refractivity contribution in [1.82, 2.24) is 10.6 Å². The van der Waals surface area contributed by atoms with E-state index in [0.717, 1.165) is 6.42 Å². The summed E-state index contributed by atoms with van der Waals surface area (Å²) in [6.07, 6.45) is 6.78. The SMILES string of the molecule is CC(=O)NCC1=CCC2C(=C1)NC(C)CC2(C)C. The van der Waals surface area contributed by atoms with Gasteiger partial charge in [-0.15, -0.1) is 0 Å². The van der Waals surface area contributed by atoms with Crippen LogP contribution in [-0.2, 0) is 4.79 Å². The van der Waals surface area contributed by atoms with Crippen LogP contribution < -0.4 is 10.6 Å². The van der Waals surface area contributed by atoms with Gasteiger partial charge in [0.15, 0.2) is 0 Å². The van der Waals surface area contributed by atoms with Gasteiger partial charge in [-0.05, 0) is 36.8 Å². The summed E-state index contributed by atoms with van der Waals surface area (Å²) in [5.74, 6) is 0.622. The van der Waals surface area contributed by atoms with E-state index in [9.17, 15) is 4.79 Å². The topological polar surface area (TPSA) is 41.1 Å². The lowest BCUT2D eigenvalue weighted by Crippen LogP contribution is -2.45. The van der Waals surface area contributed by atoms with Crippen molar-refractivity contribution in [2.75, 3.05) is 6.54 Å². The van der Waals surface area contributed by atoms with Gasteiger partial charge in [-0.25, -0.2) is 0 Å². The van der Waals surface area contributed by atoms with E-state index in [2.05, 4.69) is 43.6 Å². The molecule has 2 rings (SSSR count). The summed E-state index contributed by atoms with van der Waals surface area (Å²) in [7, 11) is 0. The van der Waals surface area contributed by atoms with Crippen LogP contribution in [0.3, 0.4) is 0 Å². The molecule has 1 heterocycles. The summed E-state index contributed by atoms with van der Waals surface area (Å²) in [6.45, 7) is 9.15. The Balaban J connectivity index is 2.10. The van der Waals surface area contributed by atoms with E-state index in [4.69, 9.17) is 0 Å². The van der Waals surface area contributed by atoms with E-state index in [1.165, 1.54) is 17.7 Å². The van der Waals surface area contributed by atoms with Gasteiger partial charge in [0.25, 0.3) is 0 Å². The molecule has 1 amide bonds. The van der Waals surface area contributed by atoms with Gasteiger partial charge in [-0.2, -0.15) is 0 Å². The van der Waals surface area contributed by atoms with E-state index in [-0.39, 0.29) is 5.91 Å². The highest BCUT2D eigenvalue weighted by Gasteiger charge is 2.38. The van der Waals surface area contributed by atoms with Gasteiger partial charge in [0.1, 0.15) is 0 Å². The van der Waals surface area contributed by atoms with E-state index >= 15 is 0 Å². The predicted molar refractivity (Wildman–Crippen MR) is 74.0 cm³/mol. The third kappa shape index (κ3) is 2.77. The third-order valence-corrected chi connectivity index (χ3v) is 4.06. The minimum atomic E-state index is 0.0294. The molecule has 0 saturated carbocycles. The molecule has 2 aliphatic rings. The standard InChI is InChI=1S/C15H24N2O/c1-10-8-15(3,4)13-6-5-12(7-14(13)17-10)9-16-11(2)18/h5,7,10,13,17H,6,8-9H2,1-4H3,(H,16,18). The summed E-state index contributed by atoms with van der Waals surface area (Å²) in [6, 6.07) is 0.530. The second-order valence-corrected chi connectivity index (χ2v) is 6.31. The fourth-order valence-electron chi connectivity index (χ4n) is 3.25. The summed E-state index contributed by atoms with van der Waals surface area (Å²) in [5, 5.41) is 6.46. The second kappa shape index (κ2) is 4.79. The molecule has 3 nitrogen and oxygen atoms in total. The van der Waals surface area contributed by atoms with Crippen molar-refractivity contribution in [2.24, 2.45) is 11.3 Å². The van der Waals surface area contributed by atoms with Crippen LogP contribution in [0.1, 0.15) is 40.5 Å². The number of allylic oxidation sites excluding steroid dienone is 2. The maximum atomic E-state index is 10.9. The van der Waals surface area contributed by atoms with Crippen molar-refractivity contribution in [3.05, 3.63) is 23.4 Å². The van der Waals surface area contributed by atoms with Crippen LogP contribution in [0.2, 0.25) is 0 Å². The first-order chi connectivity index (χ1) is 8.38. The number of amides is 1. The molecule has 2 atom stereocenters. The van der Waals surface area contributed by atoms with Crippen molar-refractivity contribution < 1.29 is 4.79 Å². The number of hydrogen-bond acceptors (Lipinski definition) is 2. The highest BCUT2D eigenvalue weighted by Crippen LogP contribution is 2.44. The number of fused-ring (bicyclic) bond motifs is 1. The van der Waals surface area contributed by atoms with Crippen LogP contribution in [0.15, 0.2) is 23.4 Å². The maximum absolute atomic E-state index is 10.9. The fraction of sp³-hybridized carbons (Fsp3) is 0.667. The smallest absolute Gasteiger partial charge is 0.217 e. The highest BCUT2D eigenvalue weighted by molar-refractivity contribution is 5.73. The van der Waals surface area contributed by atoms with Crippen molar-refractivity contribution in [1.29, 1.82) is 0 Å². The van der Waals surface area contributed by atoms with Crippen molar-refractivity contribution in [3.8, 4) is 0 Å².